The fraction of sp³-hybridized carbons (Fsp3) is 0.414. The van der Waals surface area contributed by atoms with Crippen LogP contribution in [0.3, 0.4) is 0 Å². The van der Waals surface area contributed by atoms with E-state index in [1.807, 2.05) is 32.0 Å². The molecule has 2 aromatic heterocycles. The second-order valence-electron chi connectivity index (χ2n) is 22.7. The SMILES string of the molecule is CCC1=CC(C)(C)Nc2cc3c(cc21)C(c1cc(C(=O)NCCSSCOCCCC(=O)NCC#Cc2cn([C@H]4C[C@@H](O[C@](C)(F)N=[N+]=[N-])[C@@H](COP(=O)(O)OP(=O)(O)OP(=O)(O)O)O4)c4ncnc(N)c24)ccc1C(=O)O)=c1cc2c(cc1O3)=NC(C)(C)C=C2CC. The number of nitrogens with two attached hydrogens (primary N) is 1. The fourth-order valence-corrected chi connectivity index (χ4v) is 15.6. The number of carbonyl (C=O) groups excluding carboxylic acids is 2. The van der Waals surface area contributed by atoms with Crippen LogP contribution >= 0.6 is 45.1 Å². The Labute approximate surface area is 539 Å². The summed E-state index contributed by atoms with van der Waals surface area (Å²) < 4.78 is 88.0. The van der Waals surface area contributed by atoms with Crippen molar-refractivity contribution in [2.75, 3.05) is 49.0 Å². The number of fused-ring (bicyclic) bond motifs is 5. The Morgan fingerprint density at radius 2 is 1.72 bits per heavy atom. The van der Waals surface area contributed by atoms with Crippen LogP contribution in [-0.2, 0) is 45.8 Å². The van der Waals surface area contributed by atoms with Crippen molar-refractivity contribution in [3.05, 3.63) is 127 Å². The van der Waals surface area contributed by atoms with Gasteiger partial charge < -0.3 is 69.9 Å². The zero-order valence-electron chi connectivity index (χ0n) is 51.1. The molecule has 0 saturated carbocycles. The molecule has 4 aliphatic rings. The molecule has 496 valence electrons. The standard InChI is InChI=1S/C58H67FN11O18P3S2/c1-8-32-26-56(3,4)66-42-23-44-40(21-37(32)42)51(41-22-38-33(9-2)27-57(5,6)67-43(38)24-45(41)84-44)39-20-34(14-15-36(39)55(73)74)54(72)63-17-19-92-93-31-82-18-11-13-48(71)62-16-10-12-35-28-70(53-50(35)52(60)64-30-65-53)49-25-46(86-58(7,59)68-69-61)47(85-49)29-83-90(78,79)88-91(80,81)87-89(75,76)77/h14-15,20-24,26-28,30,46-47,49,66H,8-9,11,13,16-19,25,29,31H2,1-7H3,(H,62,71)(H,63,72)(H,73,74)(H,78,79)(H,80,81)(H2,60,64,65)(H2,75,76,77)/t46-,47-,49-,58-/m1/s1. The van der Waals surface area contributed by atoms with Gasteiger partial charge in [0.05, 0.1) is 52.2 Å². The predicted molar refractivity (Wildman–Crippen MR) is 343 cm³/mol. The summed E-state index contributed by atoms with van der Waals surface area (Å²) in [6.07, 6.45) is 4.49. The van der Waals surface area contributed by atoms with E-state index >= 15 is 4.39 Å². The number of phosphoric ester groups is 1. The second-order valence-corrected chi connectivity index (χ2v) is 29.7. The Morgan fingerprint density at radius 1 is 0.968 bits per heavy atom. The molecule has 0 radical (unpaired) electrons. The molecule has 3 aromatic carbocycles. The Morgan fingerprint density at radius 3 is 2.44 bits per heavy atom. The Bertz CT molecular complexity index is 4280. The number of aromatic nitrogens is 3. The number of halogens is 1. The van der Waals surface area contributed by atoms with Crippen molar-refractivity contribution in [3.8, 4) is 23.3 Å². The lowest BCUT2D eigenvalue weighted by Crippen LogP contribution is -2.35. The van der Waals surface area contributed by atoms with Gasteiger partial charge in [0.25, 0.3) is 11.9 Å². The predicted octanol–water partition coefficient (Wildman–Crippen LogP) is 9.27. The molecule has 0 aliphatic carbocycles. The van der Waals surface area contributed by atoms with Crippen molar-refractivity contribution in [3.63, 3.8) is 0 Å². The van der Waals surface area contributed by atoms with E-state index in [4.69, 9.17) is 49.5 Å². The first-order chi connectivity index (χ1) is 43.8. The average molecular weight is 1380 g/mol. The van der Waals surface area contributed by atoms with Gasteiger partial charge in [-0.25, -0.2) is 32.8 Å². The maximum absolute atomic E-state index is 15.1. The highest BCUT2D eigenvalue weighted by molar-refractivity contribution is 8.76. The number of nitrogen functional groups attached to an aromatic ring is 1. The maximum Gasteiger partial charge on any atom is 0.490 e. The van der Waals surface area contributed by atoms with Crippen LogP contribution in [0.2, 0.25) is 0 Å². The van der Waals surface area contributed by atoms with E-state index in [2.05, 4.69) is 102 Å². The number of azide groups is 1. The number of rotatable bonds is 27. The zero-order valence-corrected chi connectivity index (χ0v) is 55.5. The number of hydrogen-bond acceptors (Lipinski definition) is 21. The Hall–Kier alpha value is -6.97. The number of nitrogens with one attached hydrogen (secondary N) is 3. The number of carboxylic acids is 1. The molecule has 2 unspecified atom stereocenters. The molecule has 5 aromatic rings. The third-order valence-electron chi connectivity index (χ3n) is 14.7. The molecule has 29 nitrogen and oxygen atoms in total. The summed E-state index contributed by atoms with van der Waals surface area (Å²) in [6.45, 7) is 12.7. The topological polar surface area (TPSA) is 422 Å². The lowest BCUT2D eigenvalue weighted by Gasteiger charge is -2.34. The summed E-state index contributed by atoms with van der Waals surface area (Å²) in [4.78, 5) is 92.9. The molecule has 4 aliphatic heterocycles. The highest BCUT2D eigenvalue weighted by Crippen LogP contribution is 2.66. The number of benzene rings is 3. The number of nitrogens with zero attached hydrogens (tertiary/aromatic N) is 7. The van der Waals surface area contributed by atoms with Gasteiger partial charge in [-0.2, -0.15) is 8.62 Å². The van der Waals surface area contributed by atoms with Gasteiger partial charge in [-0.1, -0.05) is 59.4 Å². The van der Waals surface area contributed by atoms with Crippen LogP contribution in [0.5, 0.6) is 11.5 Å². The van der Waals surface area contributed by atoms with Gasteiger partial charge in [-0.3, -0.25) is 19.1 Å². The molecule has 35 heteroatoms. The van der Waals surface area contributed by atoms with Gasteiger partial charge >= 0.3 is 29.4 Å². The molecule has 93 heavy (non-hydrogen) atoms. The van der Waals surface area contributed by atoms with Crippen LogP contribution < -0.4 is 37.0 Å². The number of aromatic carboxylic acids is 1. The van der Waals surface area contributed by atoms with Crippen LogP contribution in [0.15, 0.2) is 77.2 Å². The zero-order chi connectivity index (χ0) is 67.4. The molecule has 0 spiro atoms. The molecular formula is C58H67FN11O18P3S2. The summed E-state index contributed by atoms with van der Waals surface area (Å²) in [7, 11) is -14.4. The van der Waals surface area contributed by atoms with Crippen molar-refractivity contribution in [2.45, 2.75) is 116 Å². The average Bonchev–Trinajstić information content (AvgIpc) is 1.22. The van der Waals surface area contributed by atoms with Gasteiger partial charge in [-0.05, 0) is 105 Å². The summed E-state index contributed by atoms with van der Waals surface area (Å²) >= 11 is 0. The van der Waals surface area contributed by atoms with Gasteiger partial charge in [0.2, 0.25) is 5.91 Å². The van der Waals surface area contributed by atoms with E-state index < -0.39 is 66.0 Å². The van der Waals surface area contributed by atoms with Gasteiger partial charge in [-0.15, -0.1) is 0 Å². The summed E-state index contributed by atoms with van der Waals surface area (Å²) in [5, 5.41) is 24.7. The first-order valence-corrected chi connectivity index (χ1v) is 35.9. The van der Waals surface area contributed by atoms with Crippen LogP contribution in [-0.4, -0.2) is 124 Å². The smallest absolute Gasteiger partial charge is 0.478 e. The minimum atomic E-state index is -5.89. The summed E-state index contributed by atoms with van der Waals surface area (Å²) in [5.74, 6) is 2.72. The largest absolute Gasteiger partial charge is 0.490 e. The van der Waals surface area contributed by atoms with E-state index in [0.29, 0.717) is 58.1 Å². The lowest BCUT2D eigenvalue weighted by molar-refractivity contribution is -0.178. The van der Waals surface area contributed by atoms with Crippen molar-refractivity contribution in [2.24, 2.45) is 10.1 Å². The molecule has 10 N–H and O–H groups in total. The third-order valence-corrected chi connectivity index (χ3v) is 20.5. The minimum Gasteiger partial charge on any atom is -0.478 e. The first kappa shape index (κ1) is 70.3. The van der Waals surface area contributed by atoms with Gasteiger partial charge in [0, 0.05) is 101 Å². The summed E-state index contributed by atoms with van der Waals surface area (Å²) in [5.41, 5.74) is 21.7. The number of hydrogen-bond donors (Lipinski definition) is 9. The third kappa shape index (κ3) is 17.5. The van der Waals surface area contributed by atoms with Gasteiger partial charge in [0.15, 0.2) is 0 Å². The van der Waals surface area contributed by atoms with Crippen LogP contribution in [0.1, 0.15) is 135 Å². The number of carbonyl (C=O) groups is 3. The van der Waals surface area contributed by atoms with E-state index in [1.165, 1.54) is 44.5 Å². The van der Waals surface area contributed by atoms with Crippen molar-refractivity contribution < 1.29 is 89.2 Å². The number of allylic oxidation sites excluding steroid dienone is 2. The highest BCUT2D eigenvalue weighted by atomic mass is 33.1. The molecule has 0 bridgehead atoms. The van der Waals surface area contributed by atoms with Crippen LogP contribution in [0.25, 0.3) is 38.2 Å². The number of ether oxygens (including phenoxy) is 4. The van der Waals surface area contributed by atoms with Gasteiger partial charge in [0.1, 0.15) is 47.6 Å². The minimum absolute atomic E-state index is 0.0158. The van der Waals surface area contributed by atoms with Crippen molar-refractivity contribution >= 4 is 102 Å². The number of anilines is 2. The molecular weight excluding hydrogens is 1310 g/mol. The molecule has 2 amide bonds. The molecule has 6 atom stereocenters. The monoisotopic (exact) mass is 1380 g/mol. The maximum atomic E-state index is 15.1. The quantitative estimate of drug-likeness (QED) is 0.00267. The summed E-state index contributed by atoms with van der Waals surface area (Å²) in [6, 6.07) is 12.6. The molecule has 1 fully saturated rings. The Kier molecular flexibility index (Phi) is 21.6. The lowest BCUT2D eigenvalue weighted by atomic mass is 9.83. The van der Waals surface area contributed by atoms with E-state index in [9.17, 15) is 43.0 Å². The Balaban J connectivity index is 0.770. The van der Waals surface area contributed by atoms with Crippen LogP contribution in [0.4, 0.5) is 15.9 Å². The van der Waals surface area contributed by atoms with Crippen molar-refractivity contribution in [1.29, 1.82) is 0 Å². The second kappa shape index (κ2) is 28.5. The number of alkyl halides is 1. The van der Waals surface area contributed by atoms with E-state index in [-0.39, 0.29) is 76.9 Å². The van der Waals surface area contributed by atoms with E-state index in [0.717, 1.165) is 59.4 Å². The molecule has 1 saturated heterocycles. The molecule has 9 rings (SSSR count). The fourth-order valence-electron chi connectivity index (χ4n) is 11.0. The van der Waals surface area contributed by atoms with Crippen molar-refractivity contribution in [1.82, 2.24) is 25.2 Å². The molecule has 6 heterocycles. The normalized spacial score (nSPS) is 19.5. The number of phosphoric acid groups is 3. The number of carboxylic acid groups (broad SMARTS) is 1. The highest BCUT2D eigenvalue weighted by Gasteiger charge is 2.46. The van der Waals surface area contributed by atoms with E-state index in [1.54, 1.807) is 6.07 Å². The number of amides is 2. The first-order valence-electron chi connectivity index (χ1n) is 28.9. The van der Waals surface area contributed by atoms with Crippen LogP contribution in [0, 0.1) is 11.8 Å².